The summed E-state index contributed by atoms with van der Waals surface area (Å²) in [7, 11) is -3.76. The fourth-order valence-corrected chi connectivity index (χ4v) is 3.52. The summed E-state index contributed by atoms with van der Waals surface area (Å²) >= 11 is 0. The number of benzene rings is 1. The van der Waals surface area contributed by atoms with E-state index in [-0.39, 0.29) is 17.1 Å². The Labute approximate surface area is 129 Å². The molecule has 1 N–H and O–H groups in total. The number of morpholine rings is 1. The van der Waals surface area contributed by atoms with Crippen molar-refractivity contribution in [2.24, 2.45) is 0 Å². The topological polar surface area (TPSA) is 102 Å². The second-order valence-electron chi connectivity index (χ2n) is 5.06. The van der Waals surface area contributed by atoms with Crippen molar-refractivity contribution in [3.8, 4) is 0 Å². The van der Waals surface area contributed by atoms with Gasteiger partial charge in [-0.3, -0.25) is 15.0 Å². The number of non-ortho nitro benzene ring substituents is 1. The molecule has 0 unspecified atom stereocenters. The molecule has 0 aliphatic carbocycles. The Kier molecular flexibility index (Phi) is 5.46. The van der Waals surface area contributed by atoms with Crippen LogP contribution in [0.15, 0.2) is 23.1 Å². The van der Waals surface area contributed by atoms with Crippen molar-refractivity contribution in [1.82, 2.24) is 9.62 Å². The van der Waals surface area contributed by atoms with Crippen molar-refractivity contribution in [2.45, 2.75) is 11.8 Å². The van der Waals surface area contributed by atoms with Crippen LogP contribution in [-0.2, 0) is 14.8 Å². The molecule has 8 nitrogen and oxygen atoms in total. The van der Waals surface area contributed by atoms with Crippen LogP contribution in [0, 0.1) is 17.0 Å². The molecule has 1 fully saturated rings. The van der Waals surface area contributed by atoms with Crippen molar-refractivity contribution in [1.29, 1.82) is 0 Å². The molecule has 1 aliphatic rings. The van der Waals surface area contributed by atoms with Crippen LogP contribution in [0.5, 0.6) is 0 Å². The fraction of sp³-hybridized carbons (Fsp3) is 0.538. The maximum atomic E-state index is 12.3. The lowest BCUT2D eigenvalue weighted by Crippen LogP contribution is -2.41. The van der Waals surface area contributed by atoms with E-state index in [1.807, 2.05) is 0 Å². The van der Waals surface area contributed by atoms with E-state index in [4.69, 9.17) is 4.74 Å². The highest BCUT2D eigenvalue weighted by atomic mass is 32.2. The largest absolute Gasteiger partial charge is 0.379 e. The van der Waals surface area contributed by atoms with Crippen LogP contribution >= 0.6 is 0 Å². The SMILES string of the molecule is Cc1ccc([N+](=O)[O-])cc1S(=O)(=O)NCCN1CCOCC1. The van der Waals surface area contributed by atoms with Crippen molar-refractivity contribution in [3.63, 3.8) is 0 Å². The van der Waals surface area contributed by atoms with Gasteiger partial charge < -0.3 is 4.74 Å². The van der Waals surface area contributed by atoms with Gasteiger partial charge in [-0.1, -0.05) is 6.07 Å². The Balaban J connectivity index is 2.03. The Morgan fingerprint density at radius 3 is 2.68 bits per heavy atom. The van der Waals surface area contributed by atoms with Gasteiger partial charge in [0.25, 0.3) is 5.69 Å². The summed E-state index contributed by atoms with van der Waals surface area (Å²) in [5.41, 5.74) is 0.239. The van der Waals surface area contributed by atoms with E-state index < -0.39 is 14.9 Å². The smallest absolute Gasteiger partial charge is 0.270 e. The predicted octanol–water partition coefficient (Wildman–Crippen LogP) is 0.514. The van der Waals surface area contributed by atoms with Crippen molar-refractivity contribution >= 4 is 15.7 Å². The average Bonchev–Trinajstić information content (AvgIpc) is 2.48. The molecule has 0 radical (unpaired) electrons. The van der Waals surface area contributed by atoms with Crippen LogP contribution < -0.4 is 4.72 Å². The van der Waals surface area contributed by atoms with Gasteiger partial charge in [-0.2, -0.15) is 0 Å². The molecule has 1 heterocycles. The highest BCUT2D eigenvalue weighted by Gasteiger charge is 2.20. The zero-order valence-corrected chi connectivity index (χ0v) is 13.1. The Hall–Kier alpha value is -1.55. The molecule has 0 aromatic heterocycles. The third kappa shape index (κ3) is 4.23. The highest BCUT2D eigenvalue weighted by molar-refractivity contribution is 7.89. The molecule has 0 bridgehead atoms. The van der Waals surface area contributed by atoms with Gasteiger partial charge in [0.15, 0.2) is 0 Å². The van der Waals surface area contributed by atoms with E-state index in [1.165, 1.54) is 12.1 Å². The van der Waals surface area contributed by atoms with E-state index in [2.05, 4.69) is 9.62 Å². The lowest BCUT2D eigenvalue weighted by Gasteiger charge is -2.26. The normalized spacial score (nSPS) is 16.6. The maximum absolute atomic E-state index is 12.3. The minimum Gasteiger partial charge on any atom is -0.379 e. The summed E-state index contributed by atoms with van der Waals surface area (Å²) < 4.78 is 32.3. The lowest BCUT2D eigenvalue weighted by molar-refractivity contribution is -0.385. The number of ether oxygens (including phenoxy) is 1. The van der Waals surface area contributed by atoms with Crippen molar-refractivity contribution in [2.75, 3.05) is 39.4 Å². The van der Waals surface area contributed by atoms with Gasteiger partial charge in [-0.15, -0.1) is 0 Å². The van der Waals surface area contributed by atoms with Crippen LogP contribution in [-0.4, -0.2) is 57.6 Å². The molecule has 0 saturated carbocycles. The van der Waals surface area contributed by atoms with E-state index >= 15 is 0 Å². The number of hydrogen-bond donors (Lipinski definition) is 1. The van der Waals surface area contributed by atoms with Gasteiger partial charge in [-0.25, -0.2) is 13.1 Å². The van der Waals surface area contributed by atoms with E-state index in [0.29, 0.717) is 25.3 Å². The first kappa shape index (κ1) is 16.8. The van der Waals surface area contributed by atoms with Gasteiger partial charge in [0.05, 0.1) is 23.0 Å². The number of nitrogens with one attached hydrogen (secondary N) is 1. The van der Waals surface area contributed by atoms with Gasteiger partial charge in [-0.05, 0) is 12.5 Å². The summed E-state index contributed by atoms with van der Waals surface area (Å²) in [6.07, 6.45) is 0. The van der Waals surface area contributed by atoms with Crippen LogP contribution in [0.2, 0.25) is 0 Å². The monoisotopic (exact) mass is 329 g/mol. The van der Waals surface area contributed by atoms with Gasteiger partial charge in [0.2, 0.25) is 10.0 Å². The maximum Gasteiger partial charge on any atom is 0.270 e. The number of rotatable bonds is 6. The molecule has 0 spiro atoms. The van der Waals surface area contributed by atoms with Crippen LogP contribution in [0.4, 0.5) is 5.69 Å². The molecule has 122 valence electrons. The Bertz CT molecular complexity index is 641. The number of nitro groups is 1. The first-order valence-electron chi connectivity index (χ1n) is 6.95. The third-order valence-electron chi connectivity index (χ3n) is 3.50. The van der Waals surface area contributed by atoms with Crippen LogP contribution in [0.3, 0.4) is 0 Å². The van der Waals surface area contributed by atoms with Crippen molar-refractivity contribution in [3.05, 3.63) is 33.9 Å². The van der Waals surface area contributed by atoms with E-state index in [0.717, 1.165) is 19.2 Å². The predicted molar refractivity (Wildman–Crippen MR) is 80.3 cm³/mol. The highest BCUT2D eigenvalue weighted by Crippen LogP contribution is 2.21. The van der Waals surface area contributed by atoms with E-state index in [1.54, 1.807) is 6.92 Å². The first-order valence-corrected chi connectivity index (χ1v) is 8.43. The number of nitro benzene ring substituents is 1. The van der Waals surface area contributed by atoms with E-state index in [9.17, 15) is 18.5 Å². The van der Waals surface area contributed by atoms with Gasteiger partial charge >= 0.3 is 0 Å². The second-order valence-corrected chi connectivity index (χ2v) is 6.79. The third-order valence-corrected chi connectivity index (χ3v) is 5.10. The van der Waals surface area contributed by atoms with Gasteiger partial charge in [0.1, 0.15) is 0 Å². The molecule has 2 rings (SSSR count). The summed E-state index contributed by atoms with van der Waals surface area (Å²) in [6.45, 7) is 5.30. The summed E-state index contributed by atoms with van der Waals surface area (Å²) in [4.78, 5) is 12.2. The summed E-state index contributed by atoms with van der Waals surface area (Å²) in [5, 5.41) is 10.8. The molecule has 1 aliphatic heterocycles. The lowest BCUT2D eigenvalue weighted by atomic mass is 10.2. The fourth-order valence-electron chi connectivity index (χ4n) is 2.23. The van der Waals surface area contributed by atoms with Gasteiger partial charge in [0, 0.05) is 38.3 Å². The zero-order valence-electron chi connectivity index (χ0n) is 12.3. The number of aryl methyl sites for hydroxylation is 1. The standard InChI is InChI=1S/C13H19N3O5S/c1-11-2-3-12(16(17)18)10-13(11)22(19,20)14-4-5-15-6-8-21-9-7-15/h2-3,10,14H,4-9H2,1H3. The molecule has 1 saturated heterocycles. The molecule has 0 atom stereocenters. The van der Waals surface area contributed by atoms with Crippen LogP contribution in [0.25, 0.3) is 0 Å². The summed E-state index contributed by atoms with van der Waals surface area (Å²) in [6, 6.07) is 3.82. The first-order chi connectivity index (χ1) is 10.4. The number of hydrogen-bond acceptors (Lipinski definition) is 6. The molecule has 1 aromatic rings. The molecular formula is C13H19N3O5S. The molecule has 22 heavy (non-hydrogen) atoms. The molecular weight excluding hydrogens is 310 g/mol. The minimum absolute atomic E-state index is 0.0522. The quantitative estimate of drug-likeness (QED) is 0.603. The molecule has 0 amide bonds. The zero-order chi connectivity index (χ0) is 16.2. The Morgan fingerprint density at radius 2 is 2.05 bits per heavy atom. The minimum atomic E-state index is -3.76. The number of sulfonamides is 1. The summed E-state index contributed by atoms with van der Waals surface area (Å²) in [5.74, 6) is 0. The molecule has 1 aromatic carbocycles. The average molecular weight is 329 g/mol. The Morgan fingerprint density at radius 1 is 1.36 bits per heavy atom. The van der Waals surface area contributed by atoms with Crippen LogP contribution in [0.1, 0.15) is 5.56 Å². The van der Waals surface area contributed by atoms with Crippen molar-refractivity contribution < 1.29 is 18.1 Å². The number of nitrogens with zero attached hydrogens (tertiary/aromatic N) is 2. The second kappa shape index (κ2) is 7.14. The molecule has 9 heteroatoms.